The maximum atomic E-state index is 12.5. The Morgan fingerprint density at radius 1 is 1.00 bits per heavy atom. The van der Waals surface area contributed by atoms with E-state index in [1.807, 2.05) is 19.1 Å². The second kappa shape index (κ2) is 9.07. The van der Waals surface area contributed by atoms with E-state index < -0.39 is 16.0 Å². The van der Waals surface area contributed by atoms with E-state index in [4.69, 9.17) is 4.18 Å². The molecule has 0 radical (unpaired) electrons. The Kier molecular flexibility index (Phi) is 6.30. The van der Waals surface area contributed by atoms with Crippen molar-refractivity contribution in [2.75, 3.05) is 5.32 Å². The highest BCUT2D eigenvalue weighted by molar-refractivity contribution is 7.87. The number of carbonyl (C=O) groups is 1. The van der Waals surface area contributed by atoms with Gasteiger partial charge in [-0.3, -0.25) is 4.79 Å². The molecule has 0 bridgehead atoms. The molecular formula is C23H18N2O4S. The number of nitriles is 1. The molecule has 0 aliphatic rings. The fraction of sp³-hybridized carbons (Fsp3) is 0.0435. The lowest BCUT2D eigenvalue weighted by molar-refractivity contribution is -0.112. The molecular weight excluding hydrogens is 400 g/mol. The van der Waals surface area contributed by atoms with Gasteiger partial charge in [-0.1, -0.05) is 48.0 Å². The van der Waals surface area contributed by atoms with Crippen molar-refractivity contribution < 1.29 is 17.4 Å². The molecule has 150 valence electrons. The van der Waals surface area contributed by atoms with Gasteiger partial charge in [0.05, 0.1) is 0 Å². The van der Waals surface area contributed by atoms with E-state index >= 15 is 0 Å². The van der Waals surface area contributed by atoms with Crippen LogP contribution in [0.5, 0.6) is 5.75 Å². The quantitative estimate of drug-likeness (QED) is 0.366. The number of benzene rings is 3. The highest BCUT2D eigenvalue weighted by Gasteiger charge is 2.16. The normalized spacial score (nSPS) is 11.4. The van der Waals surface area contributed by atoms with Crippen LogP contribution in [0.2, 0.25) is 0 Å². The summed E-state index contributed by atoms with van der Waals surface area (Å²) in [7, 11) is -4.00. The van der Waals surface area contributed by atoms with Crippen LogP contribution >= 0.6 is 0 Å². The molecule has 0 fully saturated rings. The van der Waals surface area contributed by atoms with Crippen molar-refractivity contribution in [3.05, 3.63) is 95.6 Å². The molecule has 0 heterocycles. The summed E-state index contributed by atoms with van der Waals surface area (Å²) in [6.45, 7) is 1.85. The van der Waals surface area contributed by atoms with E-state index in [0.29, 0.717) is 11.3 Å². The lowest BCUT2D eigenvalue weighted by Gasteiger charge is -2.08. The Labute approximate surface area is 175 Å². The highest BCUT2D eigenvalue weighted by atomic mass is 32.2. The fourth-order valence-electron chi connectivity index (χ4n) is 2.57. The Balaban J connectivity index is 1.80. The molecule has 0 spiro atoms. The maximum absolute atomic E-state index is 12.5. The first-order valence-electron chi connectivity index (χ1n) is 8.97. The minimum absolute atomic E-state index is 0.0361. The third kappa shape index (κ3) is 5.34. The molecule has 3 aromatic carbocycles. The zero-order valence-electron chi connectivity index (χ0n) is 16.1. The number of nitrogens with zero attached hydrogens (tertiary/aromatic N) is 1. The van der Waals surface area contributed by atoms with Crippen LogP contribution in [0.1, 0.15) is 11.1 Å². The van der Waals surface area contributed by atoms with E-state index in [2.05, 4.69) is 5.32 Å². The minimum atomic E-state index is -4.00. The Morgan fingerprint density at radius 2 is 1.70 bits per heavy atom. The molecule has 0 unspecified atom stereocenters. The van der Waals surface area contributed by atoms with Gasteiger partial charge in [-0.15, -0.1) is 0 Å². The number of hydrogen-bond donors (Lipinski definition) is 1. The summed E-state index contributed by atoms with van der Waals surface area (Å²) in [5, 5.41) is 12.0. The molecule has 30 heavy (non-hydrogen) atoms. The summed E-state index contributed by atoms with van der Waals surface area (Å²) in [6, 6.07) is 23.1. The van der Waals surface area contributed by atoms with Crippen molar-refractivity contribution in [3.8, 4) is 11.8 Å². The number of nitrogens with one attached hydrogen (secondary N) is 1. The molecule has 0 aromatic heterocycles. The van der Waals surface area contributed by atoms with Crippen LogP contribution in [0.4, 0.5) is 5.69 Å². The fourth-order valence-corrected chi connectivity index (χ4v) is 3.49. The van der Waals surface area contributed by atoms with Crippen LogP contribution in [-0.2, 0) is 14.9 Å². The van der Waals surface area contributed by atoms with E-state index in [1.54, 1.807) is 48.5 Å². The zero-order chi connectivity index (χ0) is 21.6. The molecule has 0 atom stereocenters. The Hall–Kier alpha value is -3.89. The average Bonchev–Trinajstić information content (AvgIpc) is 2.73. The standard InChI is InChI=1S/C23H18N2O4S/c1-17-10-12-22(13-11-17)30(27,28)29-21-9-5-6-18(15-21)14-19(16-24)23(26)25-20-7-3-2-4-8-20/h2-15H,1H3,(H,25,26)/b19-14+. The lowest BCUT2D eigenvalue weighted by Crippen LogP contribution is -2.13. The number of para-hydroxylation sites is 1. The molecule has 3 aromatic rings. The summed E-state index contributed by atoms with van der Waals surface area (Å²) in [4.78, 5) is 12.4. The van der Waals surface area contributed by atoms with Crippen LogP contribution in [0.15, 0.2) is 89.3 Å². The van der Waals surface area contributed by atoms with E-state index in [0.717, 1.165) is 5.56 Å². The zero-order valence-corrected chi connectivity index (χ0v) is 16.9. The largest absolute Gasteiger partial charge is 0.379 e. The number of rotatable bonds is 6. The first kappa shape index (κ1) is 20.8. The summed E-state index contributed by atoms with van der Waals surface area (Å²) in [6.07, 6.45) is 1.36. The van der Waals surface area contributed by atoms with Crippen molar-refractivity contribution >= 4 is 27.8 Å². The number of carbonyl (C=O) groups excluding carboxylic acids is 1. The SMILES string of the molecule is Cc1ccc(S(=O)(=O)Oc2cccc(/C=C(\C#N)C(=O)Nc3ccccc3)c2)cc1. The minimum Gasteiger partial charge on any atom is -0.379 e. The lowest BCUT2D eigenvalue weighted by atomic mass is 10.1. The third-order valence-electron chi connectivity index (χ3n) is 4.08. The van der Waals surface area contributed by atoms with E-state index in [1.165, 1.54) is 30.3 Å². The molecule has 3 rings (SSSR count). The summed E-state index contributed by atoms with van der Waals surface area (Å²) < 4.78 is 30.1. The van der Waals surface area contributed by atoms with Crippen LogP contribution in [0.25, 0.3) is 6.08 Å². The first-order chi connectivity index (χ1) is 14.4. The Morgan fingerprint density at radius 3 is 2.37 bits per heavy atom. The van der Waals surface area contributed by atoms with Crippen LogP contribution < -0.4 is 9.50 Å². The van der Waals surface area contributed by atoms with Gasteiger partial charge in [0.2, 0.25) is 0 Å². The van der Waals surface area contributed by atoms with Crippen LogP contribution in [-0.4, -0.2) is 14.3 Å². The van der Waals surface area contributed by atoms with Gasteiger partial charge in [0, 0.05) is 5.69 Å². The molecule has 6 nitrogen and oxygen atoms in total. The van der Waals surface area contributed by atoms with Crippen LogP contribution in [0.3, 0.4) is 0 Å². The van der Waals surface area contributed by atoms with Gasteiger partial charge in [-0.05, 0) is 55.0 Å². The monoisotopic (exact) mass is 418 g/mol. The van der Waals surface area contributed by atoms with Gasteiger partial charge in [0.25, 0.3) is 5.91 Å². The van der Waals surface area contributed by atoms with Gasteiger partial charge >= 0.3 is 10.1 Å². The van der Waals surface area contributed by atoms with Crippen molar-refractivity contribution in [2.45, 2.75) is 11.8 Å². The predicted octanol–water partition coefficient (Wildman–Crippen LogP) is 4.31. The van der Waals surface area contributed by atoms with Crippen molar-refractivity contribution in [2.24, 2.45) is 0 Å². The van der Waals surface area contributed by atoms with Gasteiger partial charge in [-0.25, -0.2) is 0 Å². The predicted molar refractivity (Wildman–Crippen MR) is 114 cm³/mol. The summed E-state index contributed by atoms with van der Waals surface area (Å²) >= 11 is 0. The smallest absolute Gasteiger partial charge is 0.339 e. The van der Waals surface area contributed by atoms with Crippen molar-refractivity contribution in [1.29, 1.82) is 5.26 Å². The van der Waals surface area contributed by atoms with Gasteiger partial charge in [0.15, 0.2) is 0 Å². The second-order valence-corrected chi connectivity index (χ2v) is 7.96. The second-order valence-electron chi connectivity index (χ2n) is 6.41. The van der Waals surface area contributed by atoms with Gasteiger partial charge in [-0.2, -0.15) is 13.7 Å². The van der Waals surface area contributed by atoms with Crippen molar-refractivity contribution in [3.63, 3.8) is 0 Å². The van der Waals surface area contributed by atoms with Gasteiger partial charge in [0.1, 0.15) is 22.3 Å². The average molecular weight is 418 g/mol. The maximum Gasteiger partial charge on any atom is 0.339 e. The van der Waals surface area contributed by atoms with Crippen molar-refractivity contribution in [1.82, 2.24) is 0 Å². The third-order valence-corrected chi connectivity index (χ3v) is 5.34. The number of anilines is 1. The van der Waals surface area contributed by atoms with Gasteiger partial charge < -0.3 is 9.50 Å². The molecule has 7 heteroatoms. The molecule has 0 aliphatic carbocycles. The molecule has 0 aliphatic heterocycles. The topological polar surface area (TPSA) is 96.3 Å². The number of aryl methyl sites for hydroxylation is 1. The molecule has 0 saturated heterocycles. The summed E-state index contributed by atoms with van der Waals surface area (Å²) in [5.74, 6) is -0.493. The summed E-state index contributed by atoms with van der Waals surface area (Å²) in [5.41, 5.74) is 1.81. The highest BCUT2D eigenvalue weighted by Crippen LogP contribution is 2.21. The van der Waals surface area contributed by atoms with E-state index in [-0.39, 0.29) is 16.2 Å². The molecule has 0 saturated carbocycles. The first-order valence-corrected chi connectivity index (χ1v) is 10.4. The Bertz CT molecular complexity index is 1230. The molecule has 1 amide bonds. The van der Waals surface area contributed by atoms with E-state index in [9.17, 15) is 18.5 Å². The number of hydrogen-bond acceptors (Lipinski definition) is 5. The number of amides is 1. The molecule has 1 N–H and O–H groups in total. The van der Waals surface area contributed by atoms with Crippen LogP contribution in [0, 0.1) is 18.3 Å².